The zero-order chi connectivity index (χ0) is 24.2. The van der Waals surface area contributed by atoms with Gasteiger partial charge in [0.25, 0.3) is 11.7 Å². The Bertz CT molecular complexity index is 1240. The summed E-state index contributed by atoms with van der Waals surface area (Å²) in [6.45, 7) is 4.41. The van der Waals surface area contributed by atoms with Crippen LogP contribution >= 0.6 is 0 Å². The van der Waals surface area contributed by atoms with Crippen molar-refractivity contribution in [3.63, 3.8) is 0 Å². The van der Waals surface area contributed by atoms with E-state index in [-0.39, 0.29) is 17.9 Å². The van der Waals surface area contributed by atoms with Crippen molar-refractivity contribution in [3.8, 4) is 11.5 Å². The van der Waals surface area contributed by atoms with Gasteiger partial charge in [-0.15, -0.1) is 0 Å². The van der Waals surface area contributed by atoms with E-state index in [9.17, 15) is 14.7 Å². The number of nitrogens with zero attached hydrogens (tertiary/aromatic N) is 1. The highest BCUT2D eigenvalue weighted by Crippen LogP contribution is 2.41. The molecule has 1 aliphatic heterocycles. The van der Waals surface area contributed by atoms with Crippen LogP contribution in [0.2, 0.25) is 0 Å². The van der Waals surface area contributed by atoms with Gasteiger partial charge in [0, 0.05) is 11.1 Å². The predicted molar refractivity (Wildman–Crippen MR) is 127 cm³/mol. The Labute approximate surface area is 198 Å². The maximum Gasteiger partial charge on any atom is 0.296 e. The molecule has 1 fully saturated rings. The molecule has 0 spiro atoms. The maximum atomic E-state index is 13.2. The average molecular weight is 462 g/mol. The number of Topliss-reactive ketones (excluding diaryl/α,β-unsaturated/α-hetero) is 1. The van der Waals surface area contributed by atoms with Gasteiger partial charge < -0.3 is 23.9 Å². The zero-order valence-electron chi connectivity index (χ0n) is 19.4. The van der Waals surface area contributed by atoms with Crippen molar-refractivity contribution in [2.45, 2.75) is 32.9 Å². The summed E-state index contributed by atoms with van der Waals surface area (Å²) in [5.74, 6) is 0.427. The molecule has 1 saturated heterocycles. The van der Waals surface area contributed by atoms with Crippen LogP contribution < -0.4 is 9.47 Å². The smallest absolute Gasteiger partial charge is 0.296 e. The minimum atomic E-state index is -0.890. The molecule has 0 aliphatic carbocycles. The molecule has 7 nitrogen and oxygen atoms in total. The number of amides is 1. The Hall–Kier alpha value is -4.00. The predicted octanol–water partition coefficient (Wildman–Crippen LogP) is 5.01. The van der Waals surface area contributed by atoms with Gasteiger partial charge in [0.05, 0.1) is 25.8 Å². The molecule has 1 atom stereocenters. The molecule has 1 amide bonds. The number of likely N-dealkylation sites (tertiary alicyclic amines) is 1. The Morgan fingerprint density at radius 2 is 1.88 bits per heavy atom. The van der Waals surface area contributed by atoms with Gasteiger partial charge >= 0.3 is 0 Å². The molecule has 34 heavy (non-hydrogen) atoms. The lowest BCUT2D eigenvalue weighted by Gasteiger charge is -2.24. The van der Waals surface area contributed by atoms with Crippen molar-refractivity contribution in [1.82, 2.24) is 4.90 Å². The summed E-state index contributed by atoms with van der Waals surface area (Å²) in [5, 5.41) is 11.2. The second kappa shape index (κ2) is 9.87. The van der Waals surface area contributed by atoms with E-state index < -0.39 is 17.7 Å². The normalized spacial score (nSPS) is 17.3. The van der Waals surface area contributed by atoms with Crippen LogP contribution in [0.15, 0.2) is 70.7 Å². The van der Waals surface area contributed by atoms with Crippen LogP contribution in [0.4, 0.5) is 0 Å². The van der Waals surface area contributed by atoms with E-state index >= 15 is 0 Å². The second-order valence-corrected chi connectivity index (χ2v) is 8.06. The molecule has 0 bridgehead atoms. The van der Waals surface area contributed by atoms with Crippen molar-refractivity contribution in [2.24, 2.45) is 0 Å². The van der Waals surface area contributed by atoms with Gasteiger partial charge in [0.15, 0.2) is 0 Å². The van der Waals surface area contributed by atoms with Gasteiger partial charge in [-0.3, -0.25) is 9.59 Å². The Kier molecular flexibility index (Phi) is 6.72. The summed E-state index contributed by atoms with van der Waals surface area (Å²) < 4.78 is 16.9. The summed E-state index contributed by atoms with van der Waals surface area (Å²) in [7, 11) is 1.55. The van der Waals surface area contributed by atoms with Crippen molar-refractivity contribution >= 4 is 17.4 Å². The molecule has 0 saturated carbocycles. The van der Waals surface area contributed by atoms with Crippen LogP contribution in [-0.4, -0.2) is 35.4 Å². The first-order chi connectivity index (χ1) is 16.4. The van der Waals surface area contributed by atoms with Gasteiger partial charge in [-0.05, 0) is 43.7 Å². The summed E-state index contributed by atoms with van der Waals surface area (Å²) in [6.07, 6.45) is 0.835. The Morgan fingerprint density at radius 1 is 1.09 bits per heavy atom. The fraction of sp³-hybridized carbons (Fsp3) is 0.259. The lowest BCUT2D eigenvalue weighted by atomic mass is 9.99. The number of hydrogen-bond donors (Lipinski definition) is 1. The fourth-order valence-corrected chi connectivity index (χ4v) is 4.06. The highest BCUT2D eigenvalue weighted by Gasteiger charge is 2.47. The van der Waals surface area contributed by atoms with E-state index in [1.54, 1.807) is 56.5 Å². The lowest BCUT2D eigenvalue weighted by Crippen LogP contribution is -2.29. The molecule has 1 aromatic heterocycles. The Morgan fingerprint density at radius 3 is 2.59 bits per heavy atom. The number of rotatable bonds is 8. The lowest BCUT2D eigenvalue weighted by molar-refractivity contribution is -0.140. The summed E-state index contributed by atoms with van der Waals surface area (Å²) in [6, 6.07) is 16.7. The second-order valence-electron chi connectivity index (χ2n) is 8.06. The van der Waals surface area contributed by atoms with Crippen LogP contribution in [-0.2, 0) is 16.1 Å². The quantitative estimate of drug-likeness (QED) is 0.288. The summed E-state index contributed by atoms with van der Waals surface area (Å²) in [4.78, 5) is 27.8. The first-order valence-electron chi connectivity index (χ1n) is 11.1. The third-order valence-corrected chi connectivity index (χ3v) is 5.68. The van der Waals surface area contributed by atoms with E-state index in [2.05, 4.69) is 0 Å². The van der Waals surface area contributed by atoms with Crippen molar-refractivity contribution < 1.29 is 28.6 Å². The molecule has 7 heteroatoms. The van der Waals surface area contributed by atoms with Gasteiger partial charge in [0.1, 0.15) is 34.8 Å². The molecule has 1 aliphatic rings. The number of aryl methyl sites for hydroxylation is 1. The number of carbonyl (C=O) groups is 2. The van der Waals surface area contributed by atoms with Gasteiger partial charge in [-0.2, -0.15) is 0 Å². The number of methoxy groups -OCH3 is 1. The van der Waals surface area contributed by atoms with Crippen LogP contribution in [0.3, 0.4) is 0 Å². The number of hydrogen-bond acceptors (Lipinski definition) is 6. The monoisotopic (exact) mass is 461 g/mol. The van der Waals surface area contributed by atoms with E-state index in [4.69, 9.17) is 13.9 Å². The highest BCUT2D eigenvalue weighted by atomic mass is 16.5. The molecule has 1 unspecified atom stereocenters. The van der Waals surface area contributed by atoms with Gasteiger partial charge in [0.2, 0.25) is 0 Å². The Balaban J connectivity index is 1.81. The molecule has 1 N–H and O–H groups in total. The van der Waals surface area contributed by atoms with Gasteiger partial charge in [-0.25, -0.2) is 0 Å². The first-order valence-corrected chi connectivity index (χ1v) is 11.1. The van der Waals surface area contributed by atoms with Crippen LogP contribution in [0, 0.1) is 6.92 Å². The molecule has 2 heterocycles. The van der Waals surface area contributed by atoms with Crippen molar-refractivity contribution in [1.29, 1.82) is 0 Å². The standard InChI is InChI=1S/C27H27NO6/c1-4-14-33-20-10-7-9-18(15-20)25(29)23-24(22-13-12-17(2)34-22)28(27(31)26(23)30)16-19-8-5-6-11-21(19)32-3/h5-13,15,24,29H,4,14,16H2,1-3H3/b25-23+. The number of benzene rings is 2. The van der Waals surface area contributed by atoms with Gasteiger partial charge in [-0.1, -0.05) is 37.3 Å². The SMILES string of the molecule is CCCOc1cccc(/C(O)=C2\C(=O)C(=O)N(Cc3ccccc3OC)C2c2ccc(C)o2)c1. The number of ether oxygens (including phenoxy) is 2. The minimum absolute atomic E-state index is 0.0260. The van der Waals surface area contributed by atoms with Crippen molar-refractivity contribution in [3.05, 3.63) is 88.9 Å². The van der Waals surface area contributed by atoms with E-state index in [1.165, 1.54) is 4.90 Å². The zero-order valence-corrected chi connectivity index (χ0v) is 19.4. The topological polar surface area (TPSA) is 89.2 Å². The number of para-hydroxylation sites is 1. The summed E-state index contributed by atoms with van der Waals surface area (Å²) >= 11 is 0. The third kappa shape index (κ3) is 4.41. The molecule has 2 aromatic carbocycles. The molecular weight excluding hydrogens is 434 g/mol. The third-order valence-electron chi connectivity index (χ3n) is 5.68. The molecule has 176 valence electrons. The molecule has 3 aromatic rings. The number of ketones is 1. The maximum absolute atomic E-state index is 13.2. The molecular formula is C27H27NO6. The fourth-order valence-electron chi connectivity index (χ4n) is 4.06. The van der Waals surface area contributed by atoms with E-state index in [1.807, 2.05) is 25.1 Å². The number of carbonyl (C=O) groups excluding carboxylic acids is 2. The number of aliphatic hydroxyl groups excluding tert-OH is 1. The number of furan rings is 1. The first kappa shape index (κ1) is 23.2. The summed E-state index contributed by atoms with van der Waals surface area (Å²) in [5.41, 5.74) is 1.09. The number of aliphatic hydroxyl groups is 1. The van der Waals surface area contributed by atoms with Crippen LogP contribution in [0.5, 0.6) is 11.5 Å². The highest BCUT2D eigenvalue weighted by molar-refractivity contribution is 6.46. The van der Waals surface area contributed by atoms with E-state index in [0.717, 1.165) is 12.0 Å². The average Bonchev–Trinajstić information content (AvgIpc) is 3.39. The molecule has 4 rings (SSSR count). The van der Waals surface area contributed by atoms with Crippen molar-refractivity contribution in [2.75, 3.05) is 13.7 Å². The largest absolute Gasteiger partial charge is 0.507 e. The molecule has 0 radical (unpaired) electrons. The van der Waals surface area contributed by atoms with E-state index in [0.29, 0.717) is 35.2 Å². The van der Waals surface area contributed by atoms with Crippen LogP contribution in [0.25, 0.3) is 5.76 Å². The minimum Gasteiger partial charge on any atom is -0.507 e. The van der Waals surface area contributed by atoms with Crippen LogP contribution in [0.1, 0.15) is 42.0 Å².